The van der Waals surface area contributed by atoms with Gasteiger partial charge in [0.15, 0.2) is 0 Å². The van der Waals surface area contributed by atoms with Crippen molar-refractivity contribution in [1.82, 2.24) is 4.90 Å². The molecule has 2 N–H and O–H groups in total. The highest BCUT2D eigenvalue weighted by Gasteiger charge is 2.20. The molecule has 2 atom stereocenters. The summed E-state index contributed by atoms with van der Waals surface area (Å²) >= 11 is 0. The number of nitrogens with zero attached hydrogens (tertiary/aromatic N) is 1. The fourth-order valence-electron chi connectivity index (χ4n) is 2.44. The predicted octanol–water partition coefficient (Wildman–Crippen LogP) is 1.72. The van der Waals surface area contributed by atoms with E-state index in [1.54, 1.807) is 0 Å². The highest BCUT2D eigenvalue weighted by molar-refractivity contribution is 4.74. The molecule has 1 aliphatic heterocycles. The summed E-state index contributed by atoms with van der Waals surface area (Å²) in [5.41, 5.74) is 5.82. The number of ether oxygens (including phenoxy) is 1. The quantitative estimate of drug-likeness (QED) is 0.721. The number of hydrogen-bond acceptors (Lipinski definition) is 3. The van der Waals surface area contributed by atoms with Gasteiger partial charge in [0.05, 0.1) is 6.61 Å². The maximum Gasteiger partial charge on any atom is 0.0622 e. The minimum atomic E-state index is 0.637. The van der Waals surface area contributed by atoms with E-state index in [2.05, 4.69) is 25.8 Å². The highest BCUT2D eigenvalue weighted by Crippen LogP contribution is 2.17. The van der Waals surface area contributed by atoms with Crippen LogP contribution in [0.15, 0.2) is 0 Å². The molecular formula is C13H28N2O. The highest BCUT2D eigenvalue weighted by atomic mass is 16.5. The first-order chi connectivity index (χ1) is 7.63. The summed E-state index contributed by atoms with van der Waals surface area (Å²) in [5.74, 6) is 1.44. The molecule has 2 unspecified atom stereocenters. The minimum Gasteiger partial charge on any atom is -0.380 e. The Morgan fingerprint density at radius 3 is 2.69 bits per heavy atom. The van der Waals surface area contributed by atoms with Crippen molar-refractivity contribution in [2.75, 3.05) is 33.4 Å². The van der Waals surface area contributed by atoms with E-state index in [1.807, 2.05) is 0 Å². The van der Waals surface area contributed by atoms with Crippen LogP contribution in [0.25, 0.3) is 0 Å². The van der Waals surface area contributed by atoms with Crippen LogP contribution >= 0.6 is 0 Å². The van der Waals surface area contributed by atoms with Gasteiger partial charge in [0.1, 0.15) is 0 Å². The monoisotopic (exact) mass is 228 g/mol. The number of likely N-dealkylation sites (N-methyl/N-ethyl adjacent to an activating group) is 1. The van der Waals surface area contributed by atoms with Crippen molar-refractivity contribution in [3.8, 4) is 0 Å². The summed E-state index contributed by atoms with van der Waals surface area (Å²) < 4.78 is 5.41. The Hall–Kier alpha value is -0.120. The molecule has 0 spiro atoms. The Bertz CT molecular complexity index is 177. The Morgan fingerprint density at radius 1 is 1.44 bits per heavy atom. The Labute approximate surface area is 100 Å². The SMILES string of the molecule is CC(C)CC(CN)CCN(C)C1CCOC1. The Kier molecular flexibility index (Phi) is 6.32. The third kappa shape index (κ3) is 4.81. The zero-order valence-corrected chi connectivity index (χ0v) is 11.1. The first-order valence-electron chi connectivity index (χ1n) is 6.61. The molecule has 1 saturated heterocycles. The molecule has 0 amide bonds. The van der Waals surface area contributed by atoms with Crippen LogP contribution in [0.3, 0.4) is 0 Å². The van der Waals surface area contributed by atoms with Gasteiger partial charge < -0.3 is 15.4 Å². The zero-order valence-electron chi connectivity index (χ0n) is 11.1. The molecule has 96 valence electrons. The van der Waals surface area contributed by atoms with E-state index in [1.165, 1.54) is 19.3 Å². The molecule has 0 aromatic carbocycles. The summed E-state index contributed by atoms with van der Waals surface area (Å²) in [6.45, 7) is 8.37. The van der Waals surface area contributed by atoms with Gasteiger partial charge in [0, 0.05) is 12.6 Å². The van der Waals surface area contributed by atoms with Crippen molar-refractivity contribution in [1.29, 1.82) is 0 Å². The maximum absolute atomic E-state index is 5.82. The molecule has 0 radical (unpaired) electrons. The normalized spacial score (nSPS) is 23.2. The van der Waals surface area contributed by atoms with E-state index in [0.29, 0.717) is 12.0 Å². The predicted molar refractivity (Wildman–Crippen MR) is 68.5 cm³/mol. The van der Waals surface area contributed by atoms with Crippen molar-refractivity contribution >= 4 is 0 Å². The molecule has 3 heteroatoms. The lowest BCUT2D eigenvalue weighted by atomic mass is 9.94. The number of nitrogens with two attached hydrogens (primary N) is 1. The van der Waals surface area contributed by atoms with Gasteiger partial charge in [-0.05, 0) is 51.2 Å². The van der Waals surface area contributed by atoms with Crippen LogP contribution in [0, 0.1) is 11.8 Å². The van der Waals surface area contributed by atoms with Gasteiger partial charge in [0.25, 0.3) is 0 Å². The average Bonchev–Trinajstić information content (AvgIpc) is 2.76. The Balaban J connectivity index is 2.20. The smallest absolute Gasteiger partial charge is 0.0622 e. The van der Waals surface area contributed by atoms with Gasteiger partial charge in [-0.3, -0.25) is 0 Å². The van der Waals surface area contributed by atoms with Gasteiger partial charge in [-0.15, -0.1) is 0 Å². The molecule has 0 saturated carbocycles. The van der Waals surface area contributed by atoms with E-state index in [4.69, 9.17) is 10.5 Å². The van der Waals surface area contributed by atoms with Crippen LogP contribution in [0.1, 0.15) is 33.1 Å². The van der Waals surface area contributed by atoms with Gasteiger partial charge in [-0.25, -0.2) is 0 Å². The minimum absolute atomic E-state index is 0.637. The summed E-state index contributed by atoms with van der Waals surface area (Å²) in [6, 6.07) is 0.637. The number of rotatable bonds is 7. The van der Waals surface area contributed by atoms with Gasteiger partial charge in [0.2, 0.25) is 0 Å². The van der Waals surface area contributed by atoms with Gasteiger partial charge in [-0.1, -0.05) is 13.8 Å². The lowest BCUT2D eigenvalue weighted by Gasteiger charge is -2.25. The molecule has 3 nitrogen and oxygen atoms in total. The second-order valence-electron chi connectivity index (χ2n) is 5.52. The molecular weight excluding hydrogens is 200 g/mol. The average molecular weight is 228 g/mol. The van der Waals surface area contributed by atoms with Crippen LogP contribution in [-0.2, 0) is 4.74 Å². The summed E-state index contributed by atoms with van der Waals surface area (Å²) in [4.78, 5) is 2.44. The molecule has 1 aliphatic rings. The molecule has 0 aromatic rings. The third-order valence-electron chi connectivity index (χ3n) is 3.56. The molecule has 16 heavy (non-hydrogen) atoms. The van der Waals surface area contributed by atoms with Crippen molar-refractivity contribution in [2.24, 2.45) is 17.6 Å². The summed E-state index contributed by atoms with van der Waals surface area (Å²) in [5, 5.41) is 0. The van der Waals surface area contributed by atoms with Crippen molar-refractivity contribution < 1.29 is 4.74 Å². The van der Waals surface area contributed by atoms with E-state index in [9.17, 15) is 0 Å². The standard InChI is InChI=1S/C13H28N2O/c1-11(2)8-12(9-14)4-6-15(3)13-5-7-16-10-13/h11-13H,4-10,14H2,1-3H3. The zero-order chi connectivity index (χ0) is 12.0. The molecule has 0 bridgehead atoms. The van der Waals surface area contributed by atoms with Gasteiger partial charge in [-0.2, -0.15) is 0 Å². The van der Waals surface area contributed by atoms with Gasteiger partial charge >= 0.3 is 0 Å². The first kappa shape index (κ1) is 13.9. The molecule has 0 aliphatic carbocycles. The van der Waals surface area contributed by atoms with Crippen LogP contribution in [0.4, 0.5) is 0 Å². The number of hydrogen-bond donors (Lipinski definition) is 1. The maximum atomic E-state index is 5.82. The molecule has 1 heterocycles. The second-order valence-corrected chi connectivity index (χ2v) is 5.52. The van der Waals surface area contributed by atoms with Crippen LogP contribution < -0.4 is 5.73 Å². The third-order valence-corrected chi connectivity index (χ3v) is 3.56. The Morgan fingerprint density at radius 2 is 2.19 bits per heavy atom. The molecule has 1 rings (SSSR count). The van der Waals surface area contributed by atoms with E-state index in [-0.39, 0.29) is 0 Å². The van der Waals surface area contributed by atoms with Crippen molar-refractivity contribution in [2.45, 2.75) is 39.2 Å². The fourth-order valence-corrected chi connectivity index (χ4v) is 2.44. The van der Waals surface area contributed by atoms with Crippen LogP contribution in [-0.4, -0.2) is 44.3 Å². The fraction of sp³-hybridized carbons (Fsp3) is 1.00. The molecule has 0 aromatic heterocycles. The van der Waals surface area contributed by atoms with Crippen molar-refractivity contribution in [3.63, 3.8) is 0 Å². The molecule has 1 fully saturated rings. The van der Waals surface area contributed by atoms with Crippen LogP contribution in [0.5, 0.6) is 0 Å². The largest absolute Gasteiger partial charge is 0.380 e. The second kappa shape index (κ2) is 7.25. The van der Waals surface area contributed by atoms with E-state index >= 15 is 0 Å². The topological polar surface area (TPSA) is 38.5 Å². The lowest BCUT2D eigenvalue weighted by molar-refractivity contribution is 0.154. The first-order valence-corrected chi connectivity index (χ1v) is 6.61. The van der Waals surface area contributed by atoms with Crippen LogP contribution in [0.2, 0.25) is 0 Å². The summed E-state index contributed by atoms with van der Waals surface area (Å²) in [7, 11) is 2.21. The lowest BCUT2D eigenvalue weighted by Crippen LogP contribution is -2.34. The van der Waals surface area contributed by atoms with E-state index < -0.39 is 0 Å². The van der Waals surface area contributed by atoms with Crippen molar-refractivity contribution in [3.05, 3.63) is 0 Å². The summed E-state index contributed by atoms with van der Waals surface area (Å²) in [6.07, 6.45) is 3.67. The van der Waals surface area contributed by atoms with E-state index in [0.717, 1.165) is 32.2 Å².